The summed E-state index contributed by atoms with van der Waals surface area (Å²) in [6.07, 6.45) is 3.55. The molecule has 0 spiro atoms. The molecule has 0 radical (unpaired) electrons. The number of thioether (sulfide) groups is 1. The Balaban J connectivity index is 1.59. The Morgan fingerprint density at radius 3 is 2.56 bits per heavy atom. The minimum atomic E-state index is -0.830. The first-order valence-corrected chi connectivity index (χ1v) is 9.50. The van der Waals surface area contributed by atoms with E-state index in [0.717, 1.165) is 32.0 Å². The van der Waals surface area contributed by atoms with Crippen LogP contribution in [-0.2, 0) is 4.79 Å². The van der Waals surface area contributed by atoms with Crippen molar-refractivity contribution in [3.63, 3.8) is 0 Å². The van der Waals surface area contributed by atoms with Crippen molar-refractivity contribution in [3.05, 3.63) is 53.7 Å². The molecule has 3 rings (SSSR count). The summed E-state index contributed by atoms with van der Waals surface area (Å²) in [4.78, 5) is 30.6. The minimum absolute atomic E-state index is 0.0332. The van der Waals surface area contributed by atoms with Crippen LogP contribution in [0.2, 0.25) is 0 Å². The van der Waals surface area contributed by atoms with Crippen LogP contribution >= 0.6 is 11.8 Å². The third kappa shape index (κ3) is 4.82. The molecular weight excluding hydrogens is 372 g/mol. The zero-order chi connectivity index (χ0) is 19.4. The van der Waals surface area contributed by atoms with Crippen molar-refractivity contribution in [2.24, 2.45) is 0 Å². The van der Waals surface area contributed by atoms with E-state index in [4.69, 9.17) is 0 Å². The smallest absolute Gasteiger partial charge is 0.255 e. The van der Waals surface area contributed by atoms with Crippen LogP contribution in [0.4, 0.5) is 14.5 Å². The van der Waals surface area contributed by atoms with Crippen LogP contribution in [0.1, 0.15) is 30.1 Å². The number of carbonyl (C=O) groups excluding carboxylic acids is 2. The van der Waals surface area contributed by atoms with E-state index in [1.54, 1.807) is 24.0 Å². The molecule has 1 atom stereocenters. The zero-order valence-corrected chi connectivity index (χ0v) is 15.6. The fraction of sp³-hybridized carbons (Fsp3) is 0.316. The van der Waals surface area contributed by atoms with Crippen molar-refractivity contribution in [1.82, 2.24) is 9.88 Å². The first-order valence-electron chi connectivity index (χ1n) is 8.62. The first kappa shape index (κ1) is 19.3. The molecule has 2 aromatic rings. The van der Waals surface area contributed by atoms with Crippen molar-refractivity contribution in [2.45, 2.75) is 30.0 Å². The zero-order valence-electron chi connectivity index (χ0n) is 14.7. The van der Waals surface area contributed by atoms with Gasteiger partial charge in [0.05, 0.1) is 21.5 Å². The molecule has 1 aliphatic rings. The quantitative estimate of drug-likeness (QED) is 0.790. The van der Waals surface area contributed by atoms with Gasteiger partial charge in [-0.25, -0.2) is 13.8 Å². The molecule has 1 saturated heterocycles. The van der Waals surface area contributed by atoms with E-state index in [9.17, 15) is 18.4 Å². The monoisotopic (exact) mass is 391 g/mol. The first-order chi connectivity index (χ1) is 12.9. The molecule has 1 aliphatic heterocycles. The van der Waals surface area contributed by atoms with Gasteiger partial charge < -0.3 is 10.2 Å². The van der Waals surface area contributed by atoms with E-state index < -0.39 is 22.8 Å². The topological polar surface area (TPSA) is 62.3 Å². The van der Waals surface area contributed by atoms with Gasteiger partial charge in [0.1, 0.15) is 11.6 Å². The molecule has 142 valence electrons. The lowest BCUT2D eigenvalue weighted by atomic mass is 10.2. The molecule has 0 bridgehead atoms. The van der Waals surface area contributed by atoms with Crippen molar-refractivity contribution >= 4 is 29.3 Å². The van der Waals surface area contributed by atoms with Crippen molar-refractivity contribution in [2.75, 3.05) is 18.4 Å². The van der Waals surface area contributed by atoms with Crippen LogP contribution in [0.25, 0.3) is 0 Å². The minimum Gasteiger partial charge on any atom is -0.339 e. The molecule has 0 aliphatic carbocycles. The highest BCUT2D eigenvalue weighted by atomic mass is 32.2. The van der Waals surface area contributed by atoms with Gasteiger partial charge in [0.15, 0.2) is 0 Å². The van der Waals surface area contributed by atoms with Gasteiger partial charge in [-0.15, -0.1) is 0 Å². The van der Waals surface area contributed by atoms with Crippen LogP contribution in [0.3, 0.4) is 0 Å². The number of pyridine rings is 1. The van der Waals surface area contributed by atoms with E-state index in [0.29, 0.717) is 16.7 Å². The highest BCUT2D eigenvalue weighted by Crippen LogP contribution is 2.24. The van der Waals surface area contributed by atoms with Gasteiger partial charge in [-0.05, 0) is 44.0 Å². The molecule has 0 saturated carbocycles. The number of amides is 2. The Morgan fingerprint density at radius 1 is 1.19 bits per heavy atom. The molecule has 1 aromatic carbocycles. The van der Waals surface area contributed by atoms with Crippen molar-refractivity contribution in [3.8, 4) is 0 Å². The number of carbonyl (C=O) groups is 2. The second-order valence-electron chi connectivity index (χ2n) is 6.26. The maximum atomic E-state index is 13.6. The Kier molecular flexibility index (Phi) is 6.05. The maximum Gasteiger partial charge on any atom is 0.255 e. The number of rotatable bonds is 5. The summed E-state index contributed by atoms with van der Waals surface area (Å²) >= 11 is 1.19. The highest BCUT2D eigenvalue weighted by Gasteiger charge is 2.21. The summed E-state index contributed by atoms with van der Waals surface area (Å²) in [5.41, 5.74) is 0.445. The van der Waals surface area contributed by atoms with Gasteiger partial charge in [-0.1, -0.05) is 11.8 Å². The van der Waals surface area contributed by atoms with Gasteiger partial charge >= 0.3 is 0 Å². The van der Waals surface area contributed by atoms with E-state index >= 15 is 0 Å². The molecule has 1 N–H and O–H groups in total. The molecular formula is C19H19F2N3O2S. The van der Waals surface area contributed by atoms with E-state index in [-0.39, 0.29) is 11.6 Å². The molecule has 1 fully saturated rings. The Hall–Kier alpha value is -2.48. The standard InChI is InChI=1S/C19H19F2N3O2S/c1-12(18(25)23-16-6-5-14(20)10-15(16)21)27-17-7-4-13(11-22-17)19(26)24-8-2-3-9-24/h4-7,10-12H,2-3,8-9H2,1H3,(H,23,25). The largest absolute Gasteiger partial charge is 0.339 e. The Labute approximate surface area is 160 Å². The molecule has 2 amide bonds. The summed E-state index contributed by atoms with van der Waals surface area (Å²) in [6.45, 7) is 3.20. The van der Waals surface area contributed by atoms with Crippen LogP contribution in [0.15, 0.2) is 41.6 Å². The van der Waals surface area contributed by atoms with Gasteiger partial charge in [-0.2, -0.15) is 0 Å². The second kappa shape index (κ2) is 8.47. The number of benzene rings is 1. The summed E-state index contributed by atoms with van der Waals surface area (Å²) in [5.74, 6) is -2.00. The van der Waals surface area contributed by atoms with Gasteiger partial charge in [-0.3, -0.25) is 9.59 Å². The SMILES string of the molecule is CC(Sc1ccc(C(=O)N2CCCC2)cn1)C(=O)Nc1ccc(F)cc1F. The van der Waals surface area contributed by atoms with E-state index in [1.807, 2.05) is 0 Å². The molecule has 1 unspecified atom stereocenters. The number of hydrogen-bond donors (Lipinski definition) is 1. The third-order valence-corrected chi connectivity index (χ3v) is 5.28. The number of nitrogens with one attached hydrogen (secondary N) is 1. The van der Waals surface area contributed by atoms with Crippen LogP contribution in [0, 0.1) is 11.6 Å². The number of nitrogens with zero attached hydrogens (tertiary/aromatic N) is 2. The maximum absolute atomic E-state index is 13.6. The summed E-state index contributed by atoms with van der Waals surface area (Å²) in [6, 6.07) is 6.35. The second-order valence-corrected chi connectivity index (χ2v) is 7.62. The molecule has 8 heteroatoms. The lowest BCUT2D eigenvalue weighted by Crippen LogP contribution is -2.27. The highest BCUT2D eigenvalue weighted by molar-refractivity contribution is 8.00. The number of halogens is 2. The fourth-order valence-electron chi connectivity index (χ4n) is 2.74. The van der Waals surface area contributed by atoms with Crippen molar-refractivity contribution in [1.29, 1.82) is 0 Å². The van der Waals surface area contributed by atoms with Crippen LogP contribution in [0.5, 0.6) is 0 Å². The molecule has 5 nitrogen and oxygen atoms in total. The summed E-state index contributed by atoms with van der Waals surface area (Å²) in [7, 11) is 0. The Morgan fingerprint density at radius 2 is 1.93 bits per heavy atom. The van der Waals surface area contributed by atoms with Crippen LogP contribution < -0.4 is 5.32 Å². The van der Waals surface area contributed by atoms with Gasteiger partial charge in [0.25, 0.3) is 5.91 Å². The number of aromatic nitrogens is 1. The molecule has 27 heavy (non-hydrogen) atoms. The summed E-state index contributed by atoms with van der Waals surface area (Å²) in [5, 5.41) is 2.46. The van der Waals surface area contributed by atoms with Crippen LogP contribution in [-0.4, -0.2) is 40.0 Å². The predicted octanol–water partition coefficient (Wildman–Crippen LogP) is 3.72. The lowest BCUT2D eigenvalue weighted by Gasteiger charge is -2.15. The fourth-order valence-corrected chi connectivity index (χ4v) is 3.53. The van der Waals surface area contributed by atoms with E-state index in [1.165, 1.54) is 24.0 Å². The number of hydrogen-bond acceptors (Lipinski definition) is 4. The number of likely N-dealkylation sites (tertiary alicyclic amines) is 1. The van der Waals surface area contributed by atoms with Crippen molar-refractivity contribution < 1.29 is 18.4 Å². The normalized spacial score (nSPS) is 14.9. The Bertz CT molecular complexity index is 839. The predicted molar refractivity (Wildman–Crippen MR) is 99.7 cm³/mol. The lowest BCUT2D eigenvalue weighted by molar-refractivity contribution is -0.115. The average Bonchev–Trinajstić information content (AvgIpc) is 3.18. The number of anilines is 1. The average molecular weight is 391 g/mol. The molecule has 2 heterocycles. The third-order valence-electron chi connectivity index (χ3n) is 4.23. The molecule has 1 aromatic heterocycles. The summed E-state index contributed by atoms with van der Waals surface area (Å²) < 4.78 is 26.6. The van der Waals surface area contributed by atoms with Gasteiger partial charge in [0, 0.05) is 25.4 Å². The van der Waals surface area contributed by atoms with Gasteiger partial charge in [0.2, 0.25) is 5.91 Å². The van der Waals surface area contributed by atoms with E-state index in [2.05, 4.69) is 10.3 Å².